The molecule has 0 aliphatic carbocycles. The Hall–Kier alpha value is -2.80. The van der Waals surface area contributed by atoms with Gasteiger partial charge in [-0.3, -0.25) is 9.59 Å². The maximum Gasteiger partial charge on any atom is 0.248 e. The molecule has 2 aromatic rings. The summed E-state index contributed by atoms with van der Waals surface area (Å²) in [7, 11) is 0. The zero-order valence-electron chi connectivity index (χ0n) is 15.1. The van der Waals surface area contributed by atoms with E-state index in [4.69, 9.17) is 4.74 Å². The van der Waals surface area contributed by atoms with Gasteiger partial charge in [-0.25, -0.2) is 4.39 Å². The summed E-state index contributed by atoms with van der Waals surface area (Å²) in [6.45, 7) is 0.686. The number of nitrogens with zero attached hydrogens (tertiary/aromatic N) is 1. The highest BCUT2D eigenvalue weighted by molar-refractivity contribution is 7.99. The third-order valence-electron chi connectivity index (χ3n) is 4.73. The van der Waals surface area contributed by atoms with Crippen molar-refractivity contribution in [2.45, 2.75) is 12.5 Å². The summed E-state index contributed by atoms with van der Waals surface area (Å²) in [5.41, 5.74) is 2.16. The van der Waals surface area contributed by atoms with Crippen LogP contribution in [0.1, 0.15) is 11.1 Å². The molecule has 5 nitrogen and oxygen atoms in total. The molecular weight excluding hydrogens is 379 g/mol. The molecule has 2 heterocycles. The Labute approximate surface area is 166 Å². The molecule has 2 amide bonds. The van der Waals surface area contributed by atoms with Gasteiger partial charge in [-0.15, -0.1) is 11.8 Å². The molecule has 1 unspecified atom stereocenters. The van der Waals surface area contributed by atoms with Crippen LogP contribution in [0.5, 0.6) is 5.75 Å². The Bertz CT molecular complexity index is 947. The number of halogens is 1. The molecule has 2 aliphatic heterocycles. The molecule has 0 aromatic heterocycles. The van der Waals surface area contributed by atoms with Crippen LogP contribution in [-0.4, -0.2) is 41.0 Å². The normalized spacial score (nSPS) is 18.2. The third kappa shape index (κ3) is 3.89. The van der Waals surface area contributed by atoms with E-state index in [0.717, 1.165) is 23.3 Å². The number of para-hydroxylation sites is 1. The summed E-state index contributed by atoms with van der Waals surface area (Å²) >= 11 is 1.50. The van der Waals surface area contributed by atoms with Crippen LogP contribution < -0.4 is 10.1 Å². The SMILES string of the molecule is O=C(Nc1ccccc1F)C1CSCN1C(=O)C=Cc1ccc2c(c1)CCO2. The highest BCUT2D eigenvalue weighted by atomic mass is 32.2. The van der Waals surface area contributed by atoms with E-state index < -0.39 is 11.9 Å². The first-order valence-corrected chi connectivity index (χ1v) is 10.1. The Kier molecular flexibility index (Phi) is 5.34. The Morgan fingerprint density at radius 3 is 2.96 bits per heavy atom. The van der Waals surface area contributed by atoms with Gasteiger partial charge in [0, 0.05) is 18.2 Å². The van der Waals surface area contributed by atoms with E-state index in [9.17, 15) is 14.0 Å². The van der Waals surface area contributed by atoms with Crippen LogP contribution in [0.2, 0.25) is 0 Å². The first-order valence-electron chi connectivity index (χ1n) is 8.99. The number of carbonyl (C=O) groups excluding carboxylic acids is 2. The largest absolute Gasteiger partial charge is 0.493 e. The third-order valence-corrected chi connectivity index (χ3v) is 5.74. The summed E-state index contributed by atoms with van der Waals surface area (Å²) in [6, 6.07) is 11.2. The van der Waals surface area contributed by atoms with Crippen molar-refractivity contribution in [1.29, 1.82) is 0 Å². The lowest BCUT2D eigenvalue weighted by atomic mass is 10.1. The van der Waals surface area contributed by atoms with Crippen molar-refractivity contribution < 1.29 is 18.7 Å². The maximum absolute atomic E-state index is 13.8. The lowest BCUT2D eigenvalue weighted by Gasteiger charge is -2.21. The maximum atomic E-state index is 13.8. The number of rotatable bonds is 4. The van der Waals surface area contributed by atoms with Crippen molar-refractivity contribution in [2.24, 2.45) is 0 Å². The standard InChI is InChI=1S/C21H19FN2O3S/c22-16-3-1-2-4-17(16)23-21(26)18-12-28-13-24(18)20(25)8-6-14-5-7-19-15(11-14)9-10-27-19/h1-8,11,18H,9-10,12-13H2,(H,23,26). The van der Waals surface area contributed by atoms with Crippen LogP contribution in [0.25, 0.3) is 6.08 Å². The molecule has 28 heavy (non-hydrogen) atoms. The minimum atomic E-state index is -0.629. The van der Waals surface area contributed by atoms with Gasteiger partial charge in [0.15, 0.2) is 0 Å². The summed E-state index contributed by atoms with van der Waals surface area (Å²) in [5.74, 6) is 0.679. The Morgan fingerprint density at radius 1 is 1.25 bits per heavy atom. The summed E-state index contributed by atoms with van der Waals surface area (Å²) in [5, 5.41) is 2.58. The number of fused-ring (bicyclic) bond motifs is 1. The van der Waals surface area contributed by atoms with Crippen molar-refractivity contribution in [2.75, 3.05) is 23.6 Å². The van der Waals surface area contributed by atoms with Gasteiger partial charge in [0.1, 0.15) is 17.6 Å². The molecule has 0 spiro atoms. The lowest BCUT2D eigenvalue weighted by molar-refractivity contribution is -0.132. The van der Waals surface area contributed by atoms with Crippen LogP contribution in [0.3, 0.4) is 0 Å². The number of carbonyl (C=O) groups is 2. The van der Waals surface area contributed by atoms with Gasteiger partial charge >= 0.3 is 0 Å². The summed E-state index contributed by atoms with van der Waals surface area (Å²) in [6.07, 6.45) is 4.09. The molecule has 2 aromatic carbocycles. The number of hydrogen-bond donors (Lipinski definition) is 1. The second kappa shape index (κ2) is 8.06. The number of ether oxygens (including phenoxy) is 1. The van der Waals surface area contributed by atoms with E-state index in [0.29, 0.717) is 18.2 Å². The van der Waals surface area contributed by atoms with E-state index >= 15 is 0 Å². The Balaban J connectivity index is 1.43. The molecule has 1 atom stereocenters. The molecule has 1 saturated heterocycles. The molecule has 1 N–H and O–H groups in total. The van der Waals surface area contributed by atoms with Crippen molar-refractivity contribution in [1.82, 2.24) is 4.90 Å². The number of anilines is 1. The van der Waals surface area contributed by atoms with Crippen LogP contribution in [-0.2, 0) is 16.0 Å². The Morgan fingerprint density at radius 2 is 2.11 bits per heavy atom. The zero-order valence-corrected chi connectivity index (χ0v) is 15.9. The number of benzene rings is 2. The van der Waals surface area contributed by atoms with Crippen molar-refractivity contribution in [3.63, 3.8) is 0 Å². The highest BCUT2D eigenvalue weighted by Gasteiger charge is 2.34. The molecule has 4 rings (SSSR count). The number of thioether (sulfide) groups is 1. The van der Waals surface area contributed by atoms with Gasteiger partial charge in [0.2, 0.25) is 11.8 Å². The van der Waals surface area contributed by atoms with Crippen LogP contribution in [0, 0.1) is 5.82 Å². The van der Waals surface area contributed by atoms with Crippen molar-refractivity contribution >= 4 is 35.3 Å². The predicted octanol–water partition coefficient (Wildman–Crippen LogP) is 3.31. The van der Waals surface area contributed by atoms with E-state index in [2.05, 4.69) is 5.32 Å². The fraction of sp³-hybridized carbons (Fsp3) is 0.238. The van der Waals surface area contributed by atoms with Crippen molar-refractivity contribution in [3.05, 3.63) is 65.5 Å². The smallest absolute Gasteiger partial charge is 0.248 e. The van der Waals surface area contributed by atoms with Gasteiger partial charge in [-0.1, -0.05) is 18.2 Å². The van der Waals surface area contributed by atoms with E-state index in [-0.39, 0.29) is 17.5 Å². The first kappa shape index (κ1) is 18.6. The average molecular weight is 398 g/mol. The monoisotopic (exact) mass is 398 g/mol. The molecule has 2 aliphatic rings. The summed E-state index contributed by atoms with van der Waals surface area (Å²) in [4.78, 5) is 26.7. The summed E-state index contributed by atoms with van der Waals surface area (Å²) < 4.78 is 19.3. The first-order chi connectivity index (χ1) is 13.6. The quantitative estimate of drug-likeness (QED) is 0.803. The highest BCUT2D eigenvalue weighted by Crippen LogP contribution is 2.27. The van der Waals surface area contributed by atoms with Crippen LogP contribution in [0.4, 0.5) is 10.1 Å². The number of nitrogens with one attached hydrogen (secondary N) is 1. The van der Waals surface area contributed by atoms with E-state index in [1.165, 1.54) is 34.9 Å². The fourth-order valence-corrected chi connectivity index (χ4v) is 4.39. The minimum Gasteiger partial charge on any atom is -0.493 e. The second-order valence-electron chi connectivity index (χ2n) is 6.59. The van der Waals surface area contributed by atoms with Crippen LogP contribution >= 0.6 is 11.8 Å². The van der Waals surface area contributed by atoms with Crippen molar-refractivity contribution in [3.8, 4) is 5.75 Å². The van der Waals surface area contributed by atoms with Gasteiger partial charge in [-0.05, 0) is 41.5 Å². The average Bonchev–Trinajstić information content (AvgIpc) is 3.36. The lowest BCUT2D eigenvalue weighted by Crippen LogP contribution is -2.44. The molecule has 0 bridgehead atoms. The second-order valence-corrected chi connectivity index (χ2v) is 7.59. The molecule has 7 heteroatoms. The molecule has 0 saturated carbocycles. The van der Waals surface area contributed by atoms with Gasteiger partial charge in [0.05, 0.1) is 18.2 Å². The molecule has 0 radical (unpaired) electrons. The molecule has 144 valence electrons. The molecule has 1 fully saturated rings. The van der Waals surface area contributed by atoms with E-state index in [1.807, 2.05) is 18.2 Å². The van der Waals surface area contributed by atoms with Crippen LogP contribution in [0.15, 0.2) is 48.5 Å². The van der Waals surface area contributed by atoms with Gasteiger partial charge < -0.3 is 15.0 Å². The zero-order chi connectivity index (χ0) is 19.5. The van der Waals surface area contributed by atoms with E-state index in [1.54, 1.807) is 18.2 Å². The predicted molar refractivity (Wildman–Crippen MR) is 108 cm³/mol. The molecular formula is C21H19FN2O3S. The van der Waals surface area contributed by atoms with Gasteiger partial charge in [-0.2, -0.15) is 0 Å². The number of amides is 2. The fourth-order valence-electron chi connectivity index (χ4n) is 3.23. The number of hydrogen-bond acceptors (Lipinski definition) is 4. The topological polar surface area (TPSA) is 58.6 Å². The van der Waals surface area contributed by atoms with Gasteiger partial charge in [0.25, 0.3) is 0 Å². The minimum absolute atomic E-state index is 0.118.